The number of aliphatic hydroxyl groups is 1. The smallest absolute Gasteiger partial charge is 0.300 e. The van der Waals surface area contributed by atoms with E-state index in [2.05, 4.69) is 0 Å². The van der Waals surface area contributed by atoms with Crippen molar-refractivity contribution < 1.29 is 33.0 Å². The van der Waals surface area contributed by atoms with Crippen LogP contribution in [0, 0.1) is 11.6 Å². The van der Waals surface area contributed by atoms with E-state index in [0.29, 0.717) is 23.7 Å². The van der Waals surface area contributed by atoms with Gasteiger partial charge in [0.25, 0.3) is 11.7 Å². The maximum atomic E-state index is 14.1. The highest BCUT2D eigenvalue weighted by molar-refractivity contribution is 6.51. The van der Waals surface area contributed by atoms with Crippen molar-refractivity contribution in [3.05, 3.63) is 95.1 Å². The summed E-state index contributed by atoms with van der Waals surface area (Å²) in [5, 5.41) is 11.2. The van der Waals surface area contributed by atoms with Gasteiger partial charge in [0.1, 0.15) is 17.3 Å². The number of amides is 1. The lowest BCUT2D eigenvalue weighted by atomic mass is 9.94. The molecule has 0 spiro atoms. The van der Waals surface area contributed by atoms with Crippen molar-refractivity contribution in [2.45, 2.75) is 13.0 Å². The molecule has 34 heavy (non-hydrogen) atoms. The summed E-state index contributed by atoms with van der Waals surface area (Å²) in [4.78, 5) is 27.4. The van der Waals surface area contributed by atoms with E-state index in [-0.39, 0.29) is 16.8 Å². The van der Waals surface area contributed by atoms with Crippen LogP contribution in [-0.4, -0.2) is 30.5 Å². The van der Waals surface area contributed by atoms with Gasteiger partial charge >= 0.3 is 0 Å². The molecule has 3 aromatic carbocycles. The van der Waals surface area contributed by atoms with Gasteiger partial charge in [-0.3, -0.25) is 14.5 Å². The monoisotopic (exact) mass is 465 g/mol. The SMILES string of the molecule is CCOc1cccc(C2/C(=C(\O)c3ccccc3OC)C(=O)C(=O)N2c2ccc(F)c(F)c2)c1. The second-order valence-electron chi connectivity index (χ2n) is 7.47. The highest BCUT2D eigenvalue weighted by Crippen LogP contribution is 2.44. The average molecular weight is 465 g/mol. The molecule has 1 amide bonds. The summed E-state index contributed by atoms with van der Waals surface area (Å²) in [7, 11) is 1.41. The molecule has 1 aliphatic rings. The first kappa shape index (κ1) is 23.0. The molecule has 3 aromatic rings. The third-order valence-electron chi connectivity index (χ3n) is 5.47. The third-order valence-corrected chi connectivity index (χ3v) is 5.47. The second kappa shape index (κ2) is 9.35. The lowest BCUT2D eigenvalue weighted by molar-refractivity contribution is -0.132. The van der Waals surface area contributed by atoms with Crippen LogP contribution in [0.1, 0.15) is 24.1 Å². The summed E-state index contributed by atoms with van der Waals surface area (Å²) < 4.78 is 38.5. The number of carbonyl (C=O) groups is 2. The van der Waals surface area contributed by atoms with Crippen LogP contribution in [0.5, 0.6) is 11.5 Å². The number of benzene rings is 3. The Labute approximate surface area is 194 Å². The molecular weight excluding hydrogens is 444 g/mol. The van der Waals surface area contributed by atoms with Gasteiger partial charge in [0.15, 0.2) is 11.6 Å². The minimum Gasteiger partial charge on any atom is -0.507 e. The number of para-hydroxylation sites is 1. The number of halogens is 2. The Bertz CT molecular complexity index is 1300. The quantitative estimate of drug-likeness (QED) is 0.315. The number of ketones is 1. The van der Waals surface area contributed by atoms with Gasteiger partial charge in [0.05, 0.1) is 30.9 Å². The summed E-state index contributed by atoms with van der Waals surface area (Å²) in [6.07, 6.45) is 0. The standard InChI is InChI=1S/C26H21F2NO5/c1-3-34-17-8-6-7-15(13-17)23-22(24(30)18-9-4-5-10-21(18)33-2)25(31)26(32)29(23)16-11-12-19(27)20(28)14-16/h4-14,23,30H,3H2,1-2H3/b24-22+. The van der Waals surface area contributed by atoms with Gasteiger partial charge in [-0.05, 0) is 48.9 Å². The lowest BCUT2D eigenvalue weighted by Crippen LogP contribution is -2.29. The van der Waals surface area contributed by atoms with E-state index in [1.165, 1.54) is 13.2 Å². The van der Waals surface area contributed by atoms with Crippen LogP contribution >= 0.6 is 0 Å². The molecule has 0 saturated carbocycles. The Morgan fingerprint density at radius 3 is 2.47 bits per heavy atom. The number of rotatable bonds is 6. The van der Waals surface area contributed by atoms with Crippen molar-refractivity contribution in [3.63, 3.8) is 0 Å². The fraction of sp³-hybridized carbons (Fsp3) is 0.154. The number of carbonyl (C=O) groups excluding carboxylic acids is 2. The number of Topliss-reactive ketones (excluding diaryl/α,β-unsaturated/α-hetero) is 1. The number of ether oxygens (including phenoxy) is 2. The minimum absolute atomic E-state index is 0.0353. The highest BCUT2D eigenvalue weighted by atomic mass is 19.2. The molecule has 1 unspecified atom stereocenters. The molecule has 174 valence electrons. The van der Waals surface area contributed by atoms with Crippen LogP contribution in [0.15, 0.2) is 72.3 Å². The van der Waals surface area contributed by atoms with E-state index < -0.39 is 35.1 Å². The molecule has 0 aromatic heterocycles. The molecule has 8 heteroatoms. The van der Waals surface area contributed by atoms with E-state index in [0.717, 1.165) is 17.0 Å². The third kappa shape index (κ3) is 3.98. The van der Waals surface area contributed by atoms with Crippen LogP contribution in [0.3, 0.4) is 0 Å². The van der Waals surface area contributed by atoms with Crippen molar-refractivity contribution in [1.82, 2.24) is 0 Å². The van der Waals surface area contributed by atoms with Crippen LogP contribution < -0.4 is 14.4 Å². The Balaban J connectivity index is 1.98. The van der Waals surface area contributed by atoms with E-state index in [1.54, 1.807) is 48.5 Å². The summed E-state index contributed by atoms with van der Waals surface area (Å²) in [6, 6.07) is 14.9. The minimum atomic E-state index is -1.18. The van der Waals surface area contributed by atoms with E-state index in [1.807, 2.05) is 6.92 Å². The number of hydrogen-bond acceptors (Lipinski definition) is 5. The van der Waals surface area contributed by atoms with Crippen molar-refractivity contribution in [1.29, 1.82) is 0 Å². The number of anilines is 1. The van der Waals surface area contributed by atoms with Crippen LogP contribution in [0.25, 0.3) is 5.76 Å². The summed E-state index contributed by atoms with van der Waals surface area (Å²) in [5.74, 6) is -3.91. The molecule has 1 saturated heterocycles. The van der Waals surface area contributed by atoms with E-state index in [9.17, 15) is 23.5 Å². The number of nitrogens with zero attached hydrogens (tertiary/aromatic N) is 1. The van der Waals surface area contributed by atoms with Crippen LogP contribution in [0.2, 0.25) is 0 Å². The first-order valence-corrected chi connectivity index (χ1v) is 10.5. The Kier molecular flexibility index (Phi) is 6.32. The zero-order valence-electron chi connectivity index (χ0n) is 18.4. The van der Waals surface area contributed by atoms with Gasteiger partial charge in [-0.2, -0.15) is 0 Å². The molecular formula is C26H21F2NO5. The van der Waals surface area contributed by atoms with Crippen molar-refractivity contribution in [2.75, 3.05) is 18.6 Å². The second-order valence-corrected chi connectivity index (χ2v) is 7.47. The predicted molar refractivity (Wildman–Crippen MR) is 122 cm³/mol. The molecule has 1 aliphatic heterocycles. The molecule has 0 aliphatic carbocycles. The highest BCUT2D eigenvalue weighted by Gasteiger charge is 2.47. The van der Waals surface area contributed by atoms with Crippen molar-refractivity contribution >= 4 is 23.1 Å². The molecule has 0 bridgehead atoms. The van der Waals surface area contributed by atoms with Gasteiger partial charge < -0.3 is 14.6 Å². The molecule has 1 N–H and O–H groups in total. The van der Waals surface area contributed by atoms with Gasteiger partial charge in [0, 0.05) is 11.8 Å². The Hall–Kier alpha value is -4.20. The van der Waals surface area contributed by atoms with Gasteiger partial charge in [-0.1, -0.05) is 24.3 Å². The maximum absolute atomic E-state index is 14.1. The Morgan fingerprint density at radius 2 is 1.76 bits per heavy atom. The molecule has 1 atom stereocenters. The van der Waals surface area contributed by atoms with E-state index >= 15 is 0 Å². The molecule has 6 nitrogen and oxygen atoms in total. The van der Waals surface area contributed by atoms with E-state index in [4.69, 9.17) is 9.47 Å². The first-order chi connectivity index (χ1) is 16.4. The van der Waals surface area contributed by atoms with Crippen molar-refractivity contribution in [2.24, 2.45) is 0 Å². The zero-order chi connectivity index (χ0) is 24.4. The number of aliphatic hydroxyl groups excluding tert-OH is 1. The largest absolute Gasteiger partial charge is 0.507 e. The van der Waals surface area contributed by atoms with Gasteiger partial charge in [-0.15, -0.1) is 0 Å². The predicted octanol–water partition coefficient (Wildman–Crippen LogP) is 5.00. The maximum Gasteiger partial charge on any atom is 0.300 e. The number of hydrogen-bond donors (Lipinski definition) is 1. The molecule has 1 fully saturated rings. The number of methoxy groups -OCH3 is 1. The Morgan fingerprint density at radius 1 is 1.00 bits per heavy atom. The average Bonchev–Trinajstić information content (AvgIpc) is 3.11. The topological polar surface area (TPSA) is 76.1 Å². The normalized spacial score (nSPS) is 17.2. The van der Waals surface area contributed by atoms with Crippen molar-refractivity contribution in [3.8, 4) is 11.5 Å². The summed E-state index contributed by atoms with van der Waals surface area (Å²) in [5.41, 5.74) is 0.394. The molecule has 4 rings (SSSR count). The molecule has 1 heterocycles. The van der Waals surface area contributed by atoms with Crippen LogP contribution in [0.4, 0.5) is 14.5 Å². The zero-order valence-corrected chi connectivity index (χ0v) is 18.4. The van der Waals surface area contributed by atoms with Gasteiger partial charge in [0.2, 0.25) is 0 Å². The fourth-order valence-electron chi connectivity index (χ4n) is 3.98. The summed E-state index contributed by atoms with van der Waals surface area (Å²) in [6.45, 7) is 2.19. The lowest BCUT2D eigenvalue weighted by Gasteiger charge is -2.26. The first-order valence-electron chi connectivity index (χ1n) is 10.5. The molecule has 0 radical (unpaired) electrons. The van der Waals surface area contributed by atoms with Gasteiger partial charge in [-0.25, -0.2) is 8.78 Å². The van der Waals surface area contributed by atoms with Crippen LogP contribution in [-0.2, 0) is 9.59 Å². The summed E-state index contributed by atoms with van der Waals surface area (Å²) >= 11 is 0. The fourth-order valence-corrected chi connectivity index (χ4v) is 3.98.